The highest BCUT2D eigenvalue weighted by Gasteiger charge is 2.29. The summed E-state index contributed by atoms with van der Waals surface area (Å²) in [5.74, 6) is 0. The smallest absolute Gasteiger partial charge is 0.320 e. The van der Waals surface area contributed by atoms with Crippen molar-refractivity contribution in [3.8, 4) is 11.3 Å². The number of aromatic amines is 1. The first-order chi connectivity index (χ1) is 11.6. The number of benzene rings is 1. The molecule has 0 saturated carbocycles. The van der Waals surface area contributed by atoms with Gasteiger partial charge in [0.05, 0.1) is 11.2 Å². The first kappa shape index (κ1) is 16.2. The second-order valence-electron chi connectivity index (χ2n) is 5.65. The lowest BCUT2D eigenvalue weighted by atomic mass is 10.0. The zero-order valence-corrected chi connectivity index (χ0v) is 14.4. The van der Waals surface area contributed by atoms with Crippen LogP contribution in [0, 0.1) is 0 Å². The van der Waals surface area contributed by atoms with Gasteiger partial charge in [-0.3, -0.25) is 5.10 Å². The molecule has 2 heterocycles. The quantitative estimate of drug-likeness (QED) is 0.656. The summed E-state index contributed by atoms with van der Waals surface area (Å²) >= 11 is 1.54. The molecule has 0 unspecified atom stereocenters. The highest BCUT2D eigenvalue weighted by Crippen LogP contribution is 2.26. The fourth-order valence-corrected chi connectivity index (χ4v) is 3.18. The lowest BCUT2D eigenvalue weighted by molar-refractivity contribution is 0.238. The summed E-state index contributed by atoms with van der Waals surface area (Å²) in [4.78, 5) is 16.7. The molecule has 124 valence electrons. The first-order valence-electron chi connectivity index (χ1n) is 7.69. The van der Waals surface area contributed by atoms with Gasteiger partial charge in [0.1, 0.15) is 5.01 Å². The number of hydrogen-bond acceptors (Lipinski definition) is 4. The molecule has 0 fully saturated rings. The Balaban J connectivity index is 1.66. The maximum absolute atomic E-state index is 12.3. The molecule has 7 heteroatoms. The Morgan fingerprint density at radius 2 is 2.04 bits per heavy atom. The molecule has 0 aliphatic heterocycles. The Morgan fingerprint density at radius 1 is 1.25 bits per heavy atom. The average Bonchev–Trinajstić information content (AvgIpc) is 3.29. The van der Waals surface area contributed by atoms with E-state index in [0.29, 0.717) is 0 Å². The Hall–Kier alpha value is -2.67. The lowest BCUT2D eigenvalue weighted by Gasteiger charge is -2.27. The van der Waals surface area contributed by atoms with E-state index in [2.05, 4.69) is 25.8 Å². The molecule has 0 saturated heterocycles. The fraction of sp³-hybridized carbons (Fsp3) is 0.235. The van der Waals surface area contributed by atoms with Crippen molar-refractivity contribution in [2.24, 2.45) is 0 Å². The number of nitrogens with one attached hydrogen (secondary N) is 3. The number of H-pyrrole nitrogens is 1. The maximum Gasteiger partial charge on any atom is 0.320 e. The van der Waals surface area contributed by atoms with Gasteiger partial charge in [0.15, 0.2) is 0 Å². The Labute approximate surface area is 144 Å². The highest BCUT2D eigenvalue weighted by atomic mass is 32.1. The number of hydrogen-bond donors (Lipinski definition) is 3. The molecule has 1 aromatic carbocycles. The van der Waals surface area contributed by atoms with Crippen LogP contribution in [0.15, 0.2) is 48.1 Å². The van der Waals surface area contributed by atoms with Crippen molar-refractivity contribution in [2.75, 3.05) is 5.32 Å². The summed E-state index contributed by atoms with van der Waals surface area (Å²) in [6.45, 7) is 4.01. The number of aromatic nitrogens is 3. The van der Waals surface area contributed by atoms with Crippen molar-refractivity contribution < 1.29 is 4.79 Å². The summed E-state index contributed by atoms with van der Waals surface area (Å²) in [5.41, 5.74) is 2.20. The van der Waals surface area contributed by atoms with E-state index in [-0.39, 0.29) is 6.03 Å². The van der Waals surface area contributed by atoms with Crippen LogP contribution in [0.2, 0.25) is 0 Å². The number of nitrogens with zero attached hydrogens (tertiary/aromatic N) is 2. The van der Waals surface area contributed by atoms with Crippen LogP contribution in [0.5, 0.6) is 0 Å². The van der Waals surface area contributed by atoms with Crippen molar-refractivity contribution in [2.45, 2.75) is 25.8 Å². The molecule has 0 spiro atoms. The molecule has 1 atom stereocenters. The molecule has 0 aliphatic carbocycles. The van der Waals surface area contributed by atoms with Crippen LogP contribution >= 0.6 is 11.3 Å². The van der Waals surface area contributed by atoms with Crippen LogP contribution in [0.3, 0.4) is 0 Å². The molecule has 0 aliphatic rings. The van der Waals surface area contributed by atoms with E-state index in [1.807, 2.05) is 49.6 Å². The molecular formula is C17H19N5OS. The maximum atomic E-state index is 12.3. The fourth-order valence-electron chi connectivity index (χ4n) is 2.35. The Bertz CT molecular complexity index is 783. The number of carbonyl (C=O) groups excluding carboxylic acids is 1. The van der Waals surface area contributed by atoms with Crippen LogP contribution in [0.1, 0.15) is 25.3 Å². The second-order valence-corrected chi connectivity index (χ2v) is 6.54. The molecule has 3 rings (SSSR count). The van der Waals surface area contributed by atoms with E-state index < -0.39 is 5.54 Å². The van der Waals surface area contributed by atoms with Gasteiger partial charge in [0, 0.05) is 23.5 Å². The third kappa shape index (κ3) is 3.46. The summed E-state index contributed by atoms with van der Waals surface area (Å²) in [5, 5.41) is 15.5. The minimum absolute atomic E-state index is 0.246. The number of rotatable bonds is 5. The normalized spacial score (nSPS) is 13.2. The molecule has 6 nitrogen and oxygen atoms in total. The van der Waals surface area contributed by atoms with Crippen LogP contribution in [0.25, 0.3) is 11.3 Å². The third-order valence-corrected chi connectivity index (χ3v) is 4.99. The summed E-state index contributed by atoms with van der Waals surface area (Å²) in [6.07, 6.45) is 4.22. The van der Waals surface area contributed by atoms with E-state index in [1.54, 1.807) is 23.7 Å². The van der Waals surface area contributed by atoms with E-state index in [0.717, 1.165) is 28.4 Å². The predicted molar refractivity (Wildman–Crippen MR) is 95.9 cm³/mol. The van der Waals surface area contributed by atoms with Gasteiger partial charge in [-0.1, -0.05) is 19.1 Å². The van der Waals surface area contributed by atoms with Gasteiger partial charge in [0.25, 0.3) is 0 Å². The molecule has 24 heavy (non-hydrogen) atoms. The van der Waals surface area contributed by atoms with E-state index in [9.17, 15) is 4.79 Å². The van der Waals surface area contributed by atoms with Crippen LogP contribution < -0.4 is 10.6 Å². The minimum atomic E-state index is -0.478. The first-order valence-corrected chi connectivity index (χ1v) is 8.57. The SMILES string of the molecule is CC[C@](C)(NC(=O)Nc1ccc(-c2ccn[nH]2)cc1)c1nccs1. The average molecular weight is 341 g/mol. The Morgan fingerprint density at radius 3 is 2.62 bits per heavy atom. The highest BCUT2D eigenvalue weighted by molar-refractivity contribution is 7.09. The van der Waals surface area contributed by atoms with Crippen LogP contribution in [-0.4, -0.2) is 21.2 Å². The third-order valence-electron chi connectivity index (χ3n) is 3.96. The van der Waals surface area contributed by atoms with Gasteiger partial charge in [0.2, 0.25) is 0 Å². The van der Waals surface area contributed by atoms with Crippen molar-refractivity contribution in [3.05, 3.63) is 53.1 Å². The van der Waals surface area contributed by atoms with Gasteiger partial charge in [-0.05, 0) is 37.1 Å². The monoisotopic (exact) mass is 341 g/mol. The molecule has 0 radical (unpaired) electrons. The zero-order valence-electron chi connectivity index (χ0n) is 13.5. The molecule has 3 N–H and O–H groups in total. The largest absolute Gasteiger partial charge is 0.326 e. The van der Waals surface area contributed by atoms with Gasteiger partial charge in [-0.2, -0.15) is 5.10 Å². The number of anilines is 1. The standard InChI is InChI=1S/C17H19N5OS/c1-3-17(2,15-18-10-11-24-15)21-16(23)20-13-6-4-12(5-7-13)14-8-9-19-22-14/h4-11H,3H2,1-2H3,(H,19,22)(H2,20,21,23)/t17-/m0/s1. The van der Waals surface area contributed by atoms with Gasteiger partial charge >= 0.3 is 6.03 Å². The lowest BCUT2D eigenvalue weighted by Crippen LogP contribution is -2.45. The molecule has 2 amide bonds. The van der Waals surface area contributed by atoms with E-state index in [4.69, 9.17) is 0 Å². The van der Waals surface area contributed by atoms with E-state index in [1.165, 1.54) is 0 Å². The van der Waals surface area contributed by atoms with Gasteiger partial charge in [-0.25, -0.2) is 9.78 Å². The summed E-state index contributed by atoms with van der Waals surface area (Å²) < 4.78 is 0. The molecule has 2 aromatic heterocycles. The van der Waals surface area contributed by atoms with Crippen molar-refractivity contribution in [3.63, 3.8) is 0 Å². The number of carbonyl (C=O) groups is 1. The van der Waals surface area contributed by atoms with Crippen LogP contribution in [0.4, 0.5) is 10.5 Å². The summed E-state index contributed by atoms with van der Waals surface area (Å²) in [6, 6.07) is 9.25. The van der Waals surface area contributed by atoms with Gasteiger partial charge < -0.3 is 10.6 Å². The predicted octanol–water partition coefficient (Wildman–Crippen LogP) is 3.98. The number of amides is 2. The molecule has 3 aromatic rings. The van der Waals surface area contributed by atoms with Crippen molar-refractivity contribution in [1.82, 2.24) is 20.5 Å². The van der Waals surface area contributed by atoms with Crippen LogP contribution in [-0.2, 0) is 5.54 Å². The van der Waals surface area contributed by atoms with Gasteiger partial charge in [-0.15, -0.1) is 11.3 Å². The Kier molecular flexibility index (Phi) is 4.61. The van der Waals surface area contributed by atoms with Crippen molar-refractivity contribution in [1.29, 1.82) is 0 Å². The molecule has 0 bridgehead atoms. The zero-order chi connectivity index (χ0) is 17.0. The van der Waals surface area contributed by atoms with Crippen molar-refractivity contribution >= 4 is 23.1 Å². The van der Waals surface area contributed by atoms with E-state index >= 15 is 0 Å². The number of thiazole rings is 1. The second kappa shape index (κ2) is 6.84. The summed E-state index contributed by atoms with van der Waals surface area (Å²) in [7, 11) is 0. The minimum Gasteiger partial charge on any atom is -0.326 e. The molecular weight excluding hydrogens is 322 g/mol. The topological polar surface area (TPSA) is 82.7 Å². The number of urea groups is 1.